The van der Waals surface area contributed by atoms with E-state index < -0.39 is 21.7 Å². The molecule has 0 N–H and O–H groups in total. The highest BCUT2D eigenvalue weighted by Crippen LogP contribution is 2.22. The molecular weight excluding hydrogens is 476 g/mol. The van der Waals surface area contributed by atoms with Gasteiger partial charge in [0.1, 0.15) is 12.4 Å². The lowest BCUT2D eigenvalue weighted by Gasteiger charge is -2.34. The van der Waals surface area contributed by atoms with Gasteiger partial charge in [0.2, 0.25) is 10.0 Å². The van der Waals surface area contributed by atoms with Crippen molar-refractivity contribution in [2.24, 2.45) is 0 Å². The van der Waals surface area contributed by atoms with Crippen LogP contribution in [0.3, 0.4) is 0 Å². The third-order valence-electron chi connectivity index (χ3n) is 5.67. The van der Waals surface area contributed by atoms with Crippen LogP contribution >= 0.6 is 0 Å². The van der Waals surface area contributed by atoms with Crippen LogP contribution in [0.5, 0.6) is 5.75 Å². The van der Waals surface area contributed by atoms with E-state index in [0.29, 0.717) is 22.9 Å². The van der Waals surface area contributed by atoms with E-state index in [4.69, 9.17) is 4.74 Å². The molecule has 1 aliphatic heterocycles. The predicted molar refractivity (Wildman–Crippen MR) is 123 cm³/mol. The molecule has 1 saturated heterocycles. The maximum absolute atomic E-state index is 13.5. The first-order chi connectivity index (χ1) is 16.8. The molecule has 0 radical (unpaired) electrons. The number of nitrogens with zero attached hydrogens (tertiary/aromatic N) is 3. The highest BCUT2D eigenvalue weighted by molar-refractivity contribution is 7.89. The lowest BCUT2D eigenvalue weighted by atomic mass is 10.1. The largest absolute Gasteiger partial charge is 0.489 e. The quantitative estimate of drug-likeness (QED) is 0.520. The summed E-state index contributed by atoms with van der Waals surface area (Å²) < 4.78 is 59.2. The van der Waals surface area contributed by atoms with E-state index in [-0.39, 0.29) is 43.6 Å². The van der Waals surface area contributed by atoms with Crippen molar-refractivity contribution >= 4 is 15.9 Å². The molecule has 0 unspecified atom stereocenters. The van der Waals surface area contributed by atoms with E-state index in [1.165, 1.54) is 4.90 Å². The van der Waals surface area contributed by atoms with Gasteiger partial charge in [-0.15, -0.1) is 0 Å². The summed E-state index contributed by atoms with van der Waals surface area (Å²) in [7, 11) is -4.02. The number of nitriles is 1. The predicted octanol–water partition coefficient (Wildman–Crippen LogP) is 3.56. The van der Waals surface area contributed by atoms with Crippen molar-refractivity contribution in [3.63, 3.8) is 0 Å². The molecule has 0 aliphatic carbocycles. The molecule has 7 nitrogen and oxygen atoms in total. The van der Waals surface area contributed by atoms with Gasteiger partial charge in [-0.3, -0.25) is 4.79 Å². The number of halogens is 2. The van der Waals surface area contributed by atoms with E-state index in [1.54, 1.807) is 42.5 Å². The Balaban J connectivity index is 1.39. The average molecular weight is 498 g/mol. The second-order valence-corrected chi connectivity index (χ2v) is 9.80. The molecule has 0 aromatic heterocycles. The lowest BCUT2D eigenvalue weighted by molar-refractivity contribution is 0.0697. The smallest absolute Gasteiger partial charge is 0.254 e. The number of hydrogen-bond acceptors (Lipinski definition) is 5. The molecule has 3 aromatic rings. The molecule has 1 fully saturated rings. The maximum atomic E-state index is 13.5. The maximum Gasteiger partial charge on any atom is 0.254 e. The molecule has 180 valence electrons. The Morgan fingerprint density at radius 2 is 1.69 bits per heavy atom. The van der Waals surface area contributed by atoms with E-state index in [0.717, 1.165) is 22.0 Å². The zero-order valence-electron chi connectivity index (χ0n) is 18.5. The number of hydrogen-bond donors (Lipinski definition) is 0. The van der Waals surface area contributed by atoms with E-state index in [9.17, 15) is 27.3 Å². The summed E-state index contributed by atoms with van der Waals surface area (Å²) >= 11 is 0. The Bertz CT molecular complexity index is 1400. The van der Waals surface area contributed by atoms with Crippen LogP contribution in [0.4, 0.5) is 8.78 Å². The molecule has 4 rings (SSSR count). The molecule has 0 spiro atoms. The molecule has 10 heteroatoms. The van der Waals surface area contributed by atoms with E-state index >= 15 is 0 Å². The van der Waals surface area contributed by atoms with Crippen LogP contribution in [-0.4, -0.2) is 49.7 Å². The summed E-state index contributed by atoms with van der Waals surface area (Å²) in [5, 5.41) is 9.21. The van der Waals surface area contributed by atoms with Gasteiger partial charge in [0.25, 0.3) is 5.91 Å². The van der Waals surface area contributed by atoms with Gasteiger partial charge >= 0.3 is 0 Å². The molecule has 1 aliphatic rings. The Morgan fingerprint density at radius 1 is 0.943 bits per heavy atom. The number of amides is 1. The van der Waals surface area contributed by atoms with Gasteiger partial charge in [-0.1, -0.05) is 24.3 Å². The van der Waals surface area contributed by atoms with Crippen molar-refractivity contribution in [3.8, 4) is 11.8 Å². The van der Waals surface area contributed by atoms with Crippen LogP contribution in [0, 0.1) is 23.0 Å². The van der Waals surface area contributed by atoms with Crippen molar-refractivity contribution in [1.29, 1.82) is 5.26 Å². The summed E-state index contributed by atoms with van der Waals surface area (Å²) in [4.78, 5) is 14.2. The molecular formula is C25H21F2N3O4S. The number of rotatable bonds is 6. The summed E-state index contributed by atoms with van der Waals surface area (Å²) in [6.45, 7) is 0.495. The van der Waals surface area contributed by atoms with Gasteiger partial charge in [0.05, 0.1) is 16.5 Å². The topological polar surface area (TPSA) is 90.7 Å². The fourth-order valence-corrected chi connectivity index (χ4v) is 5.17. The number of piperazine rings is 1. The molecule has 0 atom stereocenters. The Labute approximate surface area is 201 Å². The highest BCUT2D eigenvalue weighted by Gasteiger charge is 2.31. The minimum absolute atomic E-state index is 0.0220. The Kier molecular flexibility index (Phi) is 7.10. The first-order valence-electron chi connectivity index (χ1n) is 10.7. The number of sulfonamides is 1. The summed E-state index contributed by atoms with van der Waals surface area (Å²) in [5.74, 6) is -2.18. The second kappa shape index (κ2) is 10.2. The van der Waals surface area contributed by atoms with Crippen LogP contribution in [0.2, 0.25) is 0 Å². The van der Waals surface area contributed by atoms with Gasteiger partial charge in [-0.05, 0) is 42.5 Å². The van der Waals surface area contributed by atoms with Gasteiger partial charge in [0, 0.05) is 37.3 Å². The van der Waals surface area contributed by atoms with Gasteiger partial charge in [-0.25, -0.2) is 17.2 Å². The van der Waals surface area contributed by atoms with Crippen molar-refractivity contribution < 1.29 is 26.7 Å². The SMILES string of the molecule is N#Cc1ccccc1COc1cccc(C(=O)N2CCN(S(=O)(=O)c3ccc(F)c(F)c3)CC2)c1. The molecule has 35 heavy (non-hydrogen) atoms. The van der Waals surface area contributed by atoms with Crippen molar-refractivity contribution in [3.05, 3.63) is 95.1 Å². The zero-order chi connectivity index (χ0) is 25.0. The van der Waals surface area contributed by atoms with Crippen LogP contribution in [0.25, 0.3) is 0 Å². The molecule has 1 amide bonds. The van der Waals surface area contributed by atoms with Crippen LogP contribution in [0.15, 0.2) is 71.6 Å². The number of ether oxygens (including phenoxy) is 1. The van der Waals surface area contributed by atoms with Gasteiger partial charge < -0.3 is 9.64 Å². The summed E-state index contributed by atoms with van der Waals surface area (Å²) in [6.07, 6.45) is 0. The molecule has 3 aromatic carbocycles. The number of carbonyl (C=O) groups excluding carboxylic acids is 1. The highest BCUT2D eigenvalue weighted by atomic mass is 32.2. The van der Waals surface area contributed by atoms with Crippen molar-refractivity contribution in [2.45, 2.75) is 11.5 Å². The number of carbonyl (C=O) groups is 1. The summed E-state index contributed by atoms with van der Waals surface area (Å²) in [6, 6.07) is 18.3. The molecule has 0 saturated carbocycles. The second-order valence-electron chi connectivity index (χ2n) is 7.86. The fourth-order valence-electron chi connectivity index (χ4n) is 3.74. The fraction of sp³-hybridized carbons (Fsp3) is 0.200. The monoisotopic (exact) mass is 497 g/mol. The first-order valence-corrected chi connectivity index (χ1v) is 12.2. The Hall–Kier alpha value is -3.81. The third-order valence-corrected chi connectivity index (χ3v) is 7.56. The minimum atomic E-state index is -4.02. The normalized spacial score (nSPS) is 14.4. The lowest BCUT2D eigenvalue weighted by Crippen LogP contribution is -2.50. The van der Waals surface area contributed by atoms with Gasteiger partial charge in [-0.2, -0.15) is 9.57 Å². The Morgan fingerprint density at radius 3 is 2.40 bits per heavy atom. The van der Waals surface area contributed by atoms with Crippen LogP contribution < -0.4 is 4.74 Å². The zero-order valence-corrected chi connectivity index (χ0v) is 19.3. The average Bonchev–Trinajstić information content (AvgIpc) is 2.89. The van der Waals surface area contributed by atoms with Crippen molar-refractivity contribution in [1.82, 2.24) is 9.21 Å². The van der Waals surface area contributed by atoms with Crippen molar-refractivity contribution in [2.75, 3.05) is 26.2 Å². The minimum Gasteiger partial charge on any atom is -0.489 e. The molecule has 1 heterocycles. The first kappa shape index (κ1) is 24.3. The van der Waals surface area contributed by atoms with Crippen LogP contribution in [-0.2, 0) is 16.6 Å². The number of benzene rings is 3. The van der Waals surface area contributed by atoms with Gasteiger partial charge in [0.15, 0.2) is 11.6 Å². The van der Waals surface area contributed by atoms with E-state index in [2.05, 4.69) is 6.07 Å². The van der Waals surface area contributed by atoms with E-state index in [1.807, 2.05) is 6.07 Å². The molecule has 0 bridgehead atoms. The van der Waals surface area contributed by atoms with Crippen LogP contribution in [0.1, 0.15) is 21.5 Å². The summed E-state index contributed by atoms with van der Waals surface area (Å²) in [5.41, 5.74) is 1.62. The third kappa shape index (κ3) is 5.31. The standard InChI is InChI=1S/C25H21F2N3O4S/c26-23-9-8-22(15-24(23)27)35(32,33)30-12-10-29(11-13-30)25(31)18-6-3-7-21(14-18)34-17-20-5-2-1-4-19(20)16-28/h1-9,14-15H,10-13,17H2.